The second kappa shape index (κ2) is 10.9. The number of halogens is 1. The molecule has 0 aromatic heterocycles. The van der Waals surface area contributed by atoms with E-state index < -0.39 is 12.1 Å². The van der Waals surface area contributed by atoms with Crippen LogP contribution in [0.25, 0.3) is 0 Å². The SMILES string of the molecule is Cc1ccc([C@H](C(=O)NC2CCCCC2)N(C[C@@H]2COc3ccccc3O2)C(=O)CCl)cc1. The van der Waals surface area contributed by atoms with E-state index in [9.17, 15) is 9.59 Å². The highest BCUT2D eigenvalue weighted by molar-refractivity contribution is 6.27. The summed E-state index contributed by atoms with van der Waals surface area (Å²) < 4.78 is 11.9. The predicted octanol–water partition coefficient (Wildman–Crippen LogP) is 4.39. The Morgan fingerprint density at radius 1 is 1.06 bits per heavy atom. The molecule has 176 valence electrons. The molecule has 0 spiro atoms. The number of para-hydroxylation sites is 2. The van der Waals surface area contributed by atoms with Crippen molar-refractivity contribution < 1.29 is 19.1 Å². The first-order chi connectivity index (χ1) is 16.0. The van der Waals surface area contributed by atoms with Gasteiger partial charge in [0, 0.05) is 6.04 Å². The Labute approximate surface area is 200 Å². The lowest BCUT2D eigenvalue weighted by molar-refractivity contribution is -0.141. The molecule has 0 radical (unpaired) electrons. The predicted molar refractivity (Wildman–Crippen MR) is 128 cm³/mol. The molecule has 1 aliphatic carbocycles. The number of ether oxygens (including phenoxy) is 2. The second-order valence-corrected chi connectivity index (χ2v) is 9.10. The van der Waals surface area contributed by atoms with Crippen LogP contribution in [0.3, 0.4) is 0 Å². The Hall–Kier alpha value is -2.73. The van der Waals surface area contributed by atoms with E-state index in [4.69, 9.17) is 21.1 Å². The Kier molecular flexibility index (Phi) is 7.76. The van der Waals surface area contributed by atoms with E-state index in [1.165, 1.54) is 11.3 Å². The molecule has 2 amide bonds. The molecular formula is C26H31ClN2O4. The average Bonchev–Trinajstić information content (AvgIpc) is 2.85. The van der Waals surface area contributed by atoms with Crippen molar-refractivity contribution in [1.82, 2.24) is 10.2 Å². The molecule has 2 aliphatic rings. The van der Waals surface area contributed by atoms with Crippen LogP contribution in [0.2, 0.25) is 0 Å². The first kappa shape index (κ1) is 23.4. The number of nitrogens with zero attached hydrogens (tertiary/aromatic N) is 1. The number of carbonyl (C=O) groups excluding carboxylic acids is 2. The fraction of sp³-hybridized carbons (Fsp3) is 0.462. The summed E-state index contributed by atoms with van der Waals surface area (Å²) in [5, 5.41) is 3.20. The van der Waals surface area contributed by atoms with Crippen LogP contribution in [-0.4, -0.2) is 47.9 Å². The molecule has 7 heteroatoms. The highest BCUT2D eigenvalue weighted by Gasteiger charge is 2.35. The number of rotatable bonds is 7. The largest absolute Gasteiger partial charge is 0.486 e. The van der Waals surface area contributed by atoms with Crippen molar-refractivity contribution >= 4 is 23.4 Å². The van der Waals surface area contributed by atoms with Gasteiger partial charge in [0.1, 0.15) is 18.5 Å². The Bertz CT molecular complexity index is 959. The maximum atomic E-state index is 13.6. The minimum Gasteiger partial charge on any atom is -0.486 e. The number of nitrogens with one attached hydrogen (secondary N) is 1. The maximum Gasteiger partial charge on any atom is 0.247 e. The van der Waals surface area contributed by atoms with Crippen LogP contribution in [-0.2, 0) is 9.59 Å². The number of hydrogen-bond donors (Lipinski definition) is 1. The molecule has 2 atom stereocenters. The van der Waals surface area contributed by atoms with Gasteiger partial charge in [0.15, 0.2) is 17.6 Å². The topological polar surface area (TPSA) is 67.9 Å². The van der Waals surface area contributed by atoms with E-state index in [1.807, 2.05) is 55.5 Å². The molecule has 1 aliphatic heterocycles. The van der Waals surface area contributed by atoms with Gasteiger partial charge in [-0.3, -0.25) is 9.59 Å². The van der Waals surface area contributed by atoms with Crippen molar-refractivity contribution in [2.75, 3.05) is 19.0 Å². The van der Waals surface area contributed by atoms with E-state index in [0.29, 0.717) is 11.5 Å². The smallest absolute Gasteiger partial charge is 0.247 e. The van der Waals surface area contributed by atoms with Gasteiger partial charge in [-0.2, -0.15) is 0 Å². The van der Waals surface area contributed by atoms with Crippen molar-refractivity contribution in [3.05, 3.63) is 59.7 Å². The first-order valence-corrected chi connectivity index (χ1v) is 12.2. The van der Waals surface area contributed by atoms with Crippen molar-refractivity contribution in [2.24, 2.45) is 0 Å². The minimum absolute atomic E-state index is 0.133. The zero-order valence-corrected chi connectivity index (χ0v) is 19.7. The fourth-order valence-electron chi connectivity index (χ4n) is 4.55. The van der Waals surface area contributed by atoms with Crippen LogP contribution >= 0.6 is 11.6 Å². The molecule has 0 bridgehead atoms. The highest BCUT2D eigenvalue weighted by Crippen LogP contribution is 2.32. The van der Waals surface area contributed by atoms with Crippen molar-refractivity contribution in [3.8, 4) is 11.5 Å². The Balaban J connectivity index is 1.59. The molecule has 2 aromatic rings. The Morgan fingerprint density at radius 2 is 1.76 bits per heavy atom. The van der Waals surface area contributed by atoms with Gasteiger partial charge >= 0.3 is 0 Å². The summed E-state index contributed by atoms with van der Waals surface area (Å²) in [7, 11) is 0. The van der Waals surface area contributed by atoms with E-state index in [2.05, 4.69) is 5.32 Å². The molecule has 0 saturated heterocycles. The number of hydrogen-bond acceptors (Lipinski definition) is 4. The van der Waals surface area contributed by atoms with Gasteiger partial charge in [-0.15, -0.1) is 11.6 Å². The number of fused-ring (bicyclic) bond motifs is 1. The summed E-state index contributed by atoms with van der Waals surface area (Å²) >= 11 is 6.00. The monoisotopic (exact) mass is 470 g/mol. The van der Waals surface area contributed by atoms with Crippen LogP contribution in [0.5, 0.6) is 11.5 Å². The quantitative estimate of drug-likeness (QED) is 0.609. The van der Waals surface area contributed by atoms with Gasteiger partial charge in [0.2, 0.25) is 11.8 Å². The molecule has 0 unspecified atom stereocenters. The molecule has 6 nitrogen and oxygen atoms in total. The zero-order chi connectivity index (χ0) is 23.2. The lowest BCUT2D eigenvalue weighted by Crippen LogP contribution is -2.51. The summed E-state index contributed by atoms with van der Waals surface area (Å²) in [6.07, 6.45) is 4.93. The summed E-state index contributed by atoms with van der Waals surface area (Å²) in [6.45, 7) is 2.47. The van der Waals surface area contributed by atoms with Gasteiger partial charge in [0.05, 0.1) is 6.54 Å². The third-order valence-electron chi connectivity index (χ3n) is 6.31. The first-order valence-electron chi connectivity index (χ1n) is 11.7. The second-order valence-electron chi connectivity index (χ2n) is 8.83. The van der Waals surface area contributed by atoms with Crippen LogP contribution in [0, 0.1) is 6.92 Å². The number of benzene rings is 2. The molecular weight excluding hydrogens is 440 g/mol. The summed E-state index contributed by atoms with van der Waals surface area (Å²) in [5.41, 5.74) is 1.84. The standard InChI is InChI=1S/C26H31ClN2O4/c1-18-11-13-19(14-12-18)25(26(31)28-20-7-3-2-4-8-20)29(24(30)15-27)16-21-17-32-22-9-5-6-10-23(22)33-21/h5-6,9-14,20-21,25H,2-4,7-8,15-17H2,1H3,(H,28,31)/t21-,25-/m1/s1. The third kappa shape index (κ3) is 5.80. The van der Waals surface area contributed by atoms with Gasteiger partial charge in [-0.1, -0.05) is 61.2 Å². The molecule has 1 saturated carbocycles. The highest BCUT2D eigenvalue weighted by atomic mass is 35.5. The van der Waals surface area contributed by atoms with Crippen LogP contribution in [0.15, 0.2) is 48.5 Å². The zero-order valence-electron chi connectivity index (χ0n) is 19.0. The average molecular weight is 471 g/mol. The normalized spacial score (nSPS) is 18.9. The summed E-state index contributed by atoms with van der Waals surface area (Å²) in [4.78, 5) is 28.1. The lowest BCUT2D eigenvalue weighted by Gasteiger charge is -2.36. The van der Waals surface area contributed by atoms with Crippen LogP contribution in [0.1, 0.15) is 49.3 Å². The van der Waals surface area contributed by atoms with E-state index in [1.54, 1.807) is 0 Å². The van der Waals surface area contributed by atoms with Crippen molar-refractivity contribution in [2.45, 2.75) is 57.2 Å². The van der Waals surface area contributed by atoms with E-state index in [-0.39, 0.29) is 36.9 Å². The van der Waals surface area contributed by atoms with Gasteiger partial charge in [-0.25, -0.2) is 0 Å². The van der Waals surface area contributed by atoms with Crippen LogP contribution in [0.4, 0.5) is 0 Å². The van der Waals surface area contributed by atoms with Gasteiger partial charge in [-0.05, 0) is 37.5 Å². The number of amides is 2. The molecule has 1 fully saturated rings. The van der Waals surface area contributed by atoms with Gasteiger partial charge < -0.3 is 19.7 Å². The fourth-order valence-corrected chi connectivity index (χ4v) is 4.70. The minimum atomic E-state index is -0.792. The molecule has 4 rings (SSSR count). The van der Waals surface area contributed by atoms with Crippen molar-refractivity contribution in [3.63, 3.8) is 0 Å². The van der Waals surface area contributed by atoms with E-state index in [0.717, 1.165) is 36.8 Å². The third-order valence-corrected chi connectivity index (χ3v) is 6.54. The number of aryl methyl sites for hydroxylation is 1. The lowest BCUT2D eigenvalue weighted by atomic mass is 9.94. The Morgan fingerprint density at radius 3 is 2.45 bits per heavy atom. The number of carbonyl (C=O) groups is 2. The molecule has 2 aromatic carbocycles. The van der Waals surface area contributed by atoms with E-state index >= 15 is 0 Å². The summed E-state index contributed by atoms with van der Waals surface area (Å²) in [6, 6.07) is 14.5. The molecule has 1 N–H and O–H groups in total. The van der Waals surface area contributed by atoms with Crippen molar-refractivity contribution in [1.29, 1.82) is 0 Å². The molecule has 1 heterocycles. The number of alkyl halides is 1. The maximum absolute atomic E-state index is 13.6. The summed E-state index contributed by atoms with van der Waals surface area (Å²) in [5.74, 6) is 0.591. The van der Waals surface area contributed by atoms with Crippen LogP contribution < -0.4 is 14.8 Å². The van der Waals surface area contributed by atoms with Gasteiger partial charge in [0.25, 0.3) is 0 Å². The molecule has 33 heavy (non-hydrogen) atoms.